The summed E-state index contributed by atoms with van der Waals surface area (Å²) in [6.07, 6.45) is 2.36. The van der Waals surface area contributed by atoms with Gasteiger partial charge in [-0.05, 0) is 36.6 Å². The number of amides is 1. The lowest BCUT2D eigenvalue weighted by atomic mass is 9.83. The third-order valence-electron chi connectivity index (χ3n) is 4.81. The Morgan fingerprint density at radius 1 is 1.29 bits per heavy atom. The normalized spacial score (nSPS) is 22.2. The largest absolute Gasteiger partial charge is 0.733 e. The lowest BCUT2D eigenvalue weighted by molar-refractivity contribution is 0.0563. The summed E-state index contributed by atoms with van der Waals surface area (Å²) in [5.74, 6) is 0.312. The number of hydrogen-bond donors (Lipinski definition) is 1. The summed E-state index contributed by atoms with van der Waals surface area (Å²) < 4.78 is 6.73. The lowest BCUT2D eigenvalue weighted by Crippen LogP contribution is -2.49. The van der Waals surface area contributed by atoms with E-state index in [0.717, 1.165) is 12.1 Å². The topological polar surface area (TPSA) is 102 Å². The molecule has 8 nitrogen and oxygen atoms in total. The van der Waals surface area contributed by atoms with Crippen molar-refractivity contribution in [3.63, 3.8) is 0 Å². The Hall–Kier alpha value is -2.58. The van der Waals surface area contributed by atoms with E-state index in [1.807, 2.05) is 0 Å². The van der Waals surface area contributed by atoms with Crippen LogP contribution in [0.25, 0.3) is 0 Å². The molecule has 1 amide bonds. The van der Waals surface area contributed by atoms with E-state index in [0.29, 0.717) is 25.4 Å². The fraction of sp³-hybridized carbons (Fsp3) is 0.375. The van der Waals surface area contributed by atoms with E-state index in [1.54, 1.807) is 27.7 Å². The molecule has 0 radical (unpaired) electrons. The number of anilines is 1. The maximum Gasteiger partial charge on any atom is 0.289 e. The van der Waals surface area contributed by atoms with Gasteiger partial charge < -0.3 is 24.3 Å². The van der Waals surface area contributed by atoms with Crippen LogP contribution in [0.5, 0.6) is 0 Å². The van der Waals surface area contributed by atoms with Crippen molar-refractivity contribution in [1.82, 2.24) is 9.47 Å². The van der Waals surface area contributed by atoms with Crippen molar-refractivity contribution in [2.45, 2.75) is 18.9 Å². The van der Waals surface area contributed by atoms with Gasteiger partial charge >= 0.3 is 0 Å². The highest BCUT2D eigenvalue weighted by atomic mass is 16.8. The number of likely N-dealkylation sites (tertiary alicyclic amines) is 1. The zero-order valence-corrected chi connectivity index (χ0v) is 12.8. The van der Waals surface area contributed by atoms with Gasteiger partial charge in [-0.25, -0.2) is 0 Å². The van der Waals surface area contributed by atoms with Crippen LogP contribution in [0.15, 0.2) is 39.7 Å². The summed E-state index contributed by atoms with van der Waals surface area (Å²) >= 11 is 0. The van der Waals surface area contributed by atoms with E-state index in [9.17, 15) is 14.8 Å². The number of pyridine rings is 1. The third-order valence-corrected chi connectivity index (χ3v) is 4.81. The number of carbonyl (C=O) groups is 1. The van der Waals surface area contributed by atoms with Crippen LogP contribution < -0.4 is 10.8 Å². The predicted octanol–water partition coefficient (Wildman–Crippen LogP) is 1.39. The van der Waals surface area contributed by atoms with Gasteiger partial charge in [0, 0.05) is 31.2 Å². The third kappa shape index (κ3) is 2.31. The molecule has 4 heterocycles. The molecule has 24 heavy (non-hydrogen) atoms. The highest BCUT2D eigenvalue weighted by molar-refractivity contribution is 5.91. The number of hydrogen-bond acceptors (Lipinski definition) is 6. The van der Waals surface area contributed by atoms with E-state index in [1.165, 1.54) is 12.3 Å². The van der Waals surface area contributed by atoms with Gasteiger partial charge in [-0.3, -0.25) is 14.8 Å². The quantitative estimate of drug-likeness (QED) is 0.835. The second-order valence-electron chi connectivity index (χ2n) is 6.32. The van der Waals surface area contributed by atoms with Crippen LogP contribution in [0.3, 0.4) is 0 Å². The van der Waals surface area contributed by atoms with Crippen molar-refractivity contribution in [2.24, 2.45) is 5.92 Å². The zero-order valence-electron chi connectivity index (χ0n) is 12.8. The summed E-state index contributed by atoms with van der Waals surface area (Å²) in [4.78, 5) is 26.6. The van der Waals surface area contributed by atoms with Gasteiger partial charge in [0.15, 0.2) is 5.76 Å². The molecule has 8 heteroatoms. The first-order valence-electron chi connectivity index (χ1n) is 7.77. The average molecular weight is 330 g/mol. The Labute approximate surface area is 137 Å². The molecule has 0 aliphatic carbocycles. The molecule has 1 N–H and O–H groups in total. The Bertz CT molecular complexity index is 827. The van der Waals surface area contributed by atoms with Gasteiger partial charge in [0.2, 0.25) is 0 Å². The van der Waals surface area contributed by atoms with Gasteiger partial charge in [-0.15, -0.1) is 0 Å². The molecule has 2 atom stereocenters. The first-order chi connectivity index (χ1) is 11.5. The Morgan fingerprint density at radius 3 is 2.83 bits per heavy atom. The van der Waals surface area contributed by atoms with Crippen molar-refractivity contribution in [3.8, 4) is 0 Å². The SMILES string of the molecule is O=C(c1ccco1)N1CC2CC(C1)c1ccc(N([O-])O)c(=O)n1C2. The van der Waals surface area contributed by atoms with Crippen molar-refractivity contribution in [1.29, 1.82) is 0 Å². The van der Waals surface area contributed by atoms with Gasteiger partial charge in [0.05, 0.1) is 6.26 Å². The minimum atomic E-state index is -0.495. The van der Waals surface area contributed by atoms with Crippen LogP contribution in [0.4, 0.5) is 5.69 Å². The number of rotatable bonds is 2. The second kappa shape index (κ2) is 5.50. The molecular weight excluding hydrogens is 314 g/mol. The lowest BCUT2D eigenvalue weighted by Gasteiger charge is -2.42. The zero-order chi connectivity index (χ0) is 16.8. The van der Waals surface area contributed by atoms with E-state index in [2.05, 4.69) is 0 Å². The molecule has 2 aromatic heterocycles. The van der Waals surface area contributed by atoms with Crippen LogP contribution in [-0.2, 0) is 6.54 Å². The molecule has 126 valence electrons. The monoisotopic (exact) mass is 330 g/mol. The average Bonchev–Trinajstić information content (AvgIpc) is 3.09. The Balaban J connectivity index is 1.66. The van der Waals surface area contributed by atoms with Crippen LogP contribution in [0.1, 0.15) is 28.6 Å². The molecule has 0 saturated carbocycles. The molecule has 2 aromatic rings. The minimum Gasteiger partial charge on any atom is -0.733 e. The van der Waals surface area contributed by atoms with Crippen LogP contribution in [0.2, 0.25) is 0 Å². The van der Waals surface area contributed by atoms with Gasteiger partial charge in [-0.1, -0.05) is 0 Å². The molecule has 0 aromatic carbocycles. The summed E-state index contributed by atoms with van der Waals surface area (Å²) in [5, 5.41) is 19.7. The molecule has 2 aliphatic heterocycles. The van der Waals surface area contributed by atoms with E-state index < -0.39 is 10.8 Å². The van der Waals surface area contributed by atoms with Crippen molar-refractivity contribution in [3.05, 3.63) is 57.5 Å². The molecular formula is C16H16N3O5-. The van der Waals surface area contributed by atoms with Crippen molar-refractivity contribution < 1.29 is 14.4 Å². The standard InChI is InChI=1S/C16H16N3O5/c20-15-13(19(22)23)4-3-12-11-6-10(8-18(12)15)7-17(9-11)16(21)14-2-1-5-24-14/h1-5,10-11,22H,6-9H2/q-1. The molecule has 1 saturated heterocycles. The fourth-order valence-electron chi connectivity index (χ4n) is 3.80. The first-order valence-corrected chi connectivity index (χ1v) is 7.77. The highest BCUT2D eigenvalue weighted by Gasteiger charge is 2.37. The Kier molecular flexibility index (Phi) is 3.43. The van der Waals surface area contributed by atoms with Crippen LogP contribution >= 0.6 is 0 Å². The number of fused-ring (bicyclic) bond motifs is 4. The van der Waals surface area contributed by atoms with Crippen LogP contribution in [0, 0.1) is 11.1 Å². The van der Waals surface area contributed by atoms with Gasteiger partial charge in [-0.2, -0.15) is 0 Å². The minimum absolute atomic E-state index is 0.0250. The number of furan rings is 1. The van der Waals surface area contributed by atoms with Gasteiger partial charge in [0.1, 0.15) is 5.69 Å². The number of piperidine rings is 1. The number of nitrogens with zero attached hydrogens (tertiary/aromatic N) is 3. The van der Waals surface area contributed by atoms with Crippen molar-refractivity contribution in [2.75, 3.05) is 18.3 Å². The maximum atomic E-state index is 12.5. The summed E-state index contributed by atoms with van der Waals surface area (Å²) in [7, 11) is 0. The fourth-order valence-corrected chi connectivity index (χ4v) is 3.80. The summed E-state index contributed by atoms with van der Waals surface area (Å²) in [6.45, 7) is 1.45. The van der Waals surface area contributed by atoms with Crippen LogP contribution in [-0.4, -0.2) is 33.7 Å². The smallest absolute Gasteiger partial charge is 0.289 e. The molecule has 2 unspecified atom stereocenters. The molecule has 1 fully saturated rings. The molecule has 4 rings (SSSR count). The first kappa shape index (κ1) is 15.0. The second-order valence-corrected chi connectivity index (χ2v) is 6.32. The molecule has 0 spiro atoms. The Morgan fingerprint density at radius 2 is 2.12 bits per heavy atom. The van der Waals surface area contributed by atoms with E-state index in [-0.39, 0.29) is 23.4 Å². The molecule has 2 aliphatic rings. The number of carbonyl (C=O) groups excluding carboxylic acids is 1. The molecule has 2 bridgehead atoms. The summed E-state index contributed by atoms with van der Waals surface area (Å²) in [6, 6.07) is 6.33. The van der Waals surface area contributed by atoms with Gasteiger partial charge in [0.25, 0.3) is 11.5 Å². The highest BCUT2D eigenvalue weighted by Crippen LogP contribution is 2.36. The van der Waals surface area contributed by atoms with E-state index >= 15 is 0 Å². The summed E-state index contributed by atoms with van der Waals surface area (Å²) in [5.41, 5.74) is 0.00606. The van der Waals surface area contributed by atoms with E-state index in [4.69, 9.17) is 9.62 Å². The van der Waals surface area contributed by atoms with Crippen molar-refractivity contribution >= 4 is 11.6 Å². The number of aromatic nitrogens is 1. The predicted molar refractivity (Wildman–Crippen MR) is 83.8 cm³/mol. The maximum absolute atomic E-state index is 12.5.